The molecule has 1 amide bonds. The second kappa shape index (κ2) is 12.2. The van der Waals surface area contributed by atoms with E-state index < -0.39 is 30.3 Å². The summed E-state index contributed by atoms with van der Waals surface area (Å²) in [5.74, 6) is -1.30. The van der Waals surface area contributed by atoms with Crippen molar-refractivity contribution in [3.8, 4) is 17.2 Å². The van der Waals surface area contributed by atoms with E-state index in [0.29, 0.717) is 17.3 Å². The van der Waals surface area contributed by atoms with Crippen molar-refractivity contribution in [1.29, 1.82) is 0 Å². The van der Waals surface area contributed by atoms with Gasteiger partial charge in [-0.05, 0) is 35.9 Å². The van der Waals surface area contributed by atoms with E-state index in [1.807, 2.05) is 18.2 Å². The van der Waals surface area contributed by atoms with Gasteiger partial charge < -0.3 is 33.9 Å². The third-order valence-corrected chi connectivity index (χ3v) is 8.12. The molecule has 2 atom stereocenters. The molecule has 0 aliphatic carbocycles. The number of carbonyl (C=O) groups excluding carboxylic acids is 2. The van der Waals surface area contributed by atoms with Gasteiger partial charge in [-0.3, -0.25) is 4.79 Å². The summed E-state index contributed by atoms with van der Waals surface area (Å²) in [6.07, 6.45) is -4.52. The Hall–Kier alpha value is -3.22. The first-order chi connectivity index (χ1) is 19.9. The number of benzene rings is 2. The first-order valence-electron chi connectivity index (χ1n) is 13.7. The van der Waals surface area contributed by atoms with Crippen molar-refractivity contribution in [2.75, 3.05) is 46.4 Å². The zero-order chi connectivity index (χ0) is 30.1. The van der Waals surface area contributed by atoms with E-state index in [2.05, 4.69) is 9.64 Å². The van der Waals surface area contributed by atoms with Crippen LogP contribution in [-0.2, 0) is 16.0 Å². The molecule has 0 aromatic heterocycles. The number of rotatable bonds is 8. The Balaban J connectivity index is 1.14. The number of halogens is 4. The molecule has 0 unspecified atom stereocenters. The lowest BCUT2D eigenvalue weighted by Gasteiger charge is -2.39. The number of hydrogen-bond donors (Lipinski definition) is 1. The molecule has 3 aliphatic rings. The Morgan fingerprint density at radius 3 is 2.64 bits per heavy atom. The average molecular weight is 613 g/mol. The molecular weight excluding hydrogens is 581 g/mol. The summed E-state index contributed by atoms with van der Waals surface area (Å²) in [6, 6.07) is 10.2. The maximum absolute atomic E-state index is 13.2. The van der Waals surface area contributed by atoms with Crippen LogP contribution < -0.4 is 14.2 Å². The molecule has 0 radical (unpaired) electrons. The van der Waals surface area contributed by atoms with Crippen molar-refractivity contribution in [2.24, 2.45) is 0 Å². The summed E-state index contributed by atoms with van der Waals surface area (Å²) in [7, 11) is 1.46. The lowest BCUT2D eigenvalue weighted by atomic mass is 9.87. The summed E-state index contributed by atoms with van der Waals surface area (Å²) < 4.78 is 59.6. The van der Waals surface area contributed by atoms with Gasteiger partial charge in [0.05, 0.1) is 19.2 Å². The van der Waals surface area contributed by atoms with Crippen molar-refractivity contribution < 1.29 is 46.8 Å². The number of β-amino-alcohol motifs (C(OH)–C–C–N with tert-alkyl or cyclic N) is 1. The standard InChI is InChI=1S/C29H32ClF3N2O7/c1-39-21-3-4-23(26(37)35-9-6-22(16-35)41-27(38)29(31,32)33)25(13-21)40-17-20(36)15-34-10-7-28(8-11-34)14-18-12-19(30)2-5-24(18)42-28/h2-5,12-13,20,22,36H,6-11,14-17H2,1H3/t20-,22+/m1/s1. The van der Waals surface area contributed by atoms with Crippen LogP contribution in [0.15, 0.2) is 36.4 Å². The van der Waals surface area contributed by atoms with E-state index >= 15 is 0 Å². The molecule has 2 aromatic carbocycles. The largest absolute Gasteiger partial charge is 0.497 e. The van der Waals surface area contributed by atoms with Crippen LogP contribution in [0.3, 0.4) is 0 Å². The number of piperidine rings is 1. The van der Waals surface area contributed by atoms with E-state index in [4.69, 9.17) is 25.8 Å². The molecule has 228 valence electrons. The second-order valence-corrected chi connectivity index (χ2v) is 11.3. The Labute approximate surface area is 246 Å². The topological polar surface area (TPSA) is 97.8 Å². The highest BCUT2D eigenvalue weighted by atomic mass is 35.5. The predicted molar refractivity (Wildman–Crippen MR) is 145 cm³/mol. The maximum Gasteiger partial charge on any atom is 0.490 e. The van der Waals surface area contributed by atoms with Gasteiger partial charge in [0.1, 0.15) is 41.7 Å². The number of esters is 1. The molecule has 1 spiro atoms. The summed E-state index contributed by atoms with van der Waals surface area (Å²) in [5, 5.41) is 11.5. The molecule has 42 heavy (non-hydrogen) atoms. The number of aliphatic hydroxyl groups is 1. The van der Waals surface area contributed by atoms with Gasteiger partial charge >= 0.3 is 12.1 Å². The second-order valence-electron chi connectivity index (χ2n) is 10.9. The molecule has 9 nitrogen and oxygen atoms in total. The minimum atomic E-state index is -5.10. The van der Waals surface area contributed by atoms with Gasteiger partial charge in [-0.15, -0.1) is 0 Å². The Morgan fingerprint density at radius 1 is 1.17 bits per heavy atom. The van der Waals surface area contributed by atoms with Crippen LogP contribution in [0.4, 0.5) is 13.2 Å². The molecule has 0 saturated carbocycles. The summed E-state index contributed by atoms with van der Waals surface area (Å²) in [4.78, 5) is 27.9. The summed E-state index contributed by atoms with van der Waals surface area (Å²) in [6.45, 7) is 1.67. The van der Waals surface area contributed by atoms with Crippen molar-refractivity contribution in [2.45, 2.75) is 49.7 Å². The number of amides is 1. The lowest BCUT2D eigenvalue weighted by Crippen LogP contribution is -2.49. The SMILES string of the molecule is COc1ccc(C(=O)N2CC[C@H](OC(=O)C(F)(F)F)C2)c(OC[C@H](O)CN2CCC3(CC2)Cc2cc(Cl)ccc2O3)c1. The van der Waals surface area contributed by atoms with Gasteiger partial charge in [0.2, 0.25) is 0 Å². The molecule has 2 saturated heterocycles. The zero-order valence-corrected chi connectivity index (χ0v) is 23.7. The van der Waals surface area contributed by atoms with Gasteiger partial charge in [-0.1, -0.05) is 11.6 Å². The fraction of sp³-hybridized carbons (Fsp3) is 0.517. The monoisotopic (exact) mass is 612 g/mol. The van der Waals surface area contributed by atoms with E-state index in [1.54, 1.807) is 6.07 Å². The van der Waals surface area contributed by atoms with Gasteiger partial charge in [-0.2, -0.15) is 13.2 Å². The maximum atomic E-state index is 13.2. The van der Waals surface area contributed by atoms with Gasteiger partial charge in [0.15, 0.2) is 0 Å². The van der Waals surface area contributed by atoms with Crippen molar-refractivity contribution in [3.63, 3.8) is 0 Å². The van der Waals surface area contributed by atoms with Crippen molar-refractivity contribution >= 4 is 23.5 Å². The molecular formula is C29H32ClF3N2O7. The number of aliphatic hydroxyl groups excluding tert-OH is 1. The number of methoxy groups -OCH3 is 1. The highest BCUT2D eigenvalue weighted by Crippen LogP contribution is 2.42. The van der Waals surface area contributed by atoms with Crippen LogP contribution in [0.2, 0.25) is 5.02 Å². The third-order valence-electron chi connectivity index (χ3n) is 7.89. The van der Waals surface area contributed by atoms with Gasteiger partial charge in [-0.25, -0.2) is 4.79 Å². The van der Waals surface area contributed by atoms with Crippen LogP contribution in [0.25, 0.3) is 0 Å². The Bertz CT molecular complexity index is 1320. The molecule has 1 N–H and O–H groups in total. The number of hydrogen-bond acceptors (Lipinski definition) is 8. The smallest absolute Gasteiger partial charge is 0.490 e. The third kappa shape index (κ3) is 6.87. The fourth-order valence-electron chi connectivity index (χ4n) is 5.68. The minimum absolute atomic E-state index is 0.0839. The highest BCUT2D eigenvalue weighted by Gasteiger charge is 2.44. The van der Waals surface area contributed by atoms with Crippen LogP contribution >= 0.6 is 11.6 Å². The predicted octanol–water partition coefficient (Wildman–Crippen LogP) is 3.88. The first kappa shape index (κ1) is 30.2. The lowest BCUT2D eigenvalue weighted by molar-refractivity contribution is -0.204. The summed E-state index contributed by atoms with van der Waals surface area (Å²) >= 11 is 6.14. The molecule has 3 heterocycles. The number of nitrogens with zero attached hydrogens (tertiary/aromatic N) is 2. The highest BCUT2D eigenvalue weighted by molar-refractivity contribution is 6.30. The average Bonchev–Trinajstić information content (AvgIpc) is 3.56. The number of likely N-dealkylation sites (tertiary alicyclic amines) is 2. The summed E-state index contributed by atoms with van der Waals surface area (Å²) in [5.41, 5.74) is 1.00. The Morgan fingerprint density at radius 2 is 1.93 bits per heavy atom. The van der Waals surface area contributed by atoms with Crippen molar-refractivity contribution in [1.82, 2.24) is 9.80 Å². The molecule has 5 rings (SSSR count). The van der Waals surface area contributed by atoms with Gasteiger partial charge in [0, 0.05) is 63.0 Å². The fourth-order valence-corrected chi connectivity index (χ4v) is 5.88. The van der Waals surface area contributed by atoms with Gasteiger partial charge in [0.25, 0.3) is 5.91 Å². The first-order valence-corrected chi connectivity index (χ1v) is 14.1. The molecule has 13 heteroatoms. The van der Waals surface area contributed by atoms with E-state index in [-0.39, 0.29) is 43.0 Å². The number of carbonyl (C=O) groups is 2. The van der Waals surface area contributed by atoms with E-state index in [9.17, 15) is 27.9 Å². The van der Waals surface area contributed by atoms with E-state index in [0.717, 1.165) is 43.7 Å². The van der Waals surface area contributed by atoms with Crippen LogP contribution in [0.5, 0.6) is 17.2 Å². The molecule has 2 aromatic rings. The van der Waals surface area contributed by atoms with E-state index in [1.165, 1.54) is 24.1 Å². The quantitative estimate of drug-likeness (QED) is 0.449. The zero-order valence-electron chi connectivity index (χ0n) is 23.0. The molecule has 0 bridgehead atoms. The Kier molecular flexibility index (Phi) is 8.77. The van der Waals surface area contributed by atoms with Crippen LogP contribution in [0.1, 0.15) is 35.2 Å². The number of ether oxygens (including phenoxy) is 4. The number of fused-ring (bicyclic) bond motifs is 1. The van der Waals surface area contributed by atoms with Crippen LogP contribution in [0, 0.1) is 0 Å². The van der Waals surface area contributed by atoms with Crippen molar-refractivity contribution in [3.05, 3.63) is 52.5 Å². The molecule has 2 fully saturated rings. The molecule has 3 aliphatic heterocycles. The normalized spacial score (nSPS) is 20.6. The minimum Gasteiger partial charge on any atom is -0.497 e. The van der Waals surface area contributed by atoms with Crippen LogP contribution in [-0.4, -0.2) is 97.2 Å². The number of alkyl halides is 3.